The molecule has 0 aromatic heterocycles. The molecule has 0 aromatic carbocycles. The summed E-state index contributed by atoms with van der Waals surface area (Å²) in [7, 11) is 4.28. The Morgan fingerprint density at radius 2 is 2.19 bits per heavy atom. The van der Waals surface area contributed by atoms with Crippen LogP contribution in [0.2, 0.25) is 0 Å². The van der Waals surface area contributed by atoms with Gasteiger partial charge in [0.05, 0.1) is 0 Å². The zero-order valence-electron chi connectivity index (χ0n) is 10.5. The molecule has 0 amide bonds. The quantitative estimate of drug-likeness (QED) is 0.680. The third-order valence-electron chi connectivity index (χ3n) is 4.07. The number of carbonyl (C=O) groups excluding carboxylic acids is 1. The Morgan fingerprint density at radius 1 is 1.38 bits per heavy atom. The van der Waals surface area contributed by atoms with Gasteiger partial charge in [-0.05, 0) is 52.6 Å². The van der Waals surface area contributed by atoms with Crippen LogP contribution in [0, 0.1) is 5.92 Å². The Hall–Kier alpha value is -0.630. The minimum absolute atomic E-state index is 0.342. The van der Waals surface area contributed by atoms with Crippen LogP contribution in [0.4, 0.5) is 0 Å². The average molecular weight is 221 g/mol. The molecule has 16 heavy (non-hydrogen) atoms. The Morgan fingerprint density at radius 3 is 2.69 bits per heavy atom. The first kappa shape index (κ1) is 11.8. The van der Waals surface area contributed by atoms with Crippen LogP contribution in [0.1, 0.15) is 44.9 Å². The summed E-state index contributed by atoms with van der Waals surface area (Å²) in [6.45, 7) is 0. The van der Waals surface area contributed by atoms with Crippen molar-refractivity contribution in [3.63, 3.8) is 0 Å². The topological polar surface area (TPSA) is 20.3 Å². The van der Waals surface area contributed by atoms with Crippen molar-refractivity contribution in [3.8, 4) is 0 Å². The molecule has 0 saturated heterocycles. The van der Waals surface area contributed by atoms with Gasteiger partial charge in [-0.25, -0.2) is 0 Å². The van der Waals surface area contributed by atoms with Crippen molar-refractivity contribution in [2.75, 3.05) is 14.1 Å². The minimum atomic E-state index is 0.342. The second-order valence-corrected chi connectivity index (χ2v) is 5.44. The summed E-state index contributed by atoms with van der Waals surface area (Å²) in [6.07, 6.45) is 10.3. The van der Waals surface area contributed by atoms with Crippen molar-refractivity contribution < 1.29 is 4.79 Å². The van der Waals surface area contributed by atoms with E-state index >= 15 is 0 Å². The number of hydrogen-bond acceptors (Lipinski definition) is 2. The van der Waals surface area contributed by atoms with Crippen LogP contribution in [-0.2, 0) is 4.79 Å². The van der Waals surface area contributed by atoms with E-state index in [9.17, 15) is 4.79 Å². The lowest BCUT2D eigenvalue weighted by molar-refractivity contribution is -0.121. The van der Waals surface area contributed by atoms with Gasteiger partial charge in [-0.15, -0.1) is 0 Å². The number of rotatable bonds is 4. The summed E-state index contributed by atoms with van der Waals surface area (Å²) >= 11 is 0. The van der Waals surface area contributed by atoms with E-state index in [1.54, 1.807) is 5.57 Å². The first-order chi connectivity index (χ1) is 7.68. The molecule has 0 N–H and O–H groups in total. The van der Waals surface area contributed by atoms with Gasteiger partial charge in [0, 0.05) is 18.4 Å². The molecule has 2 rings (SSSR count). The minimum Gasteiger partial charge on any atom is -0.303 e. The second-order valence-electron chi connectivity index (χ2n) is 5.44. The van der Waals surface area contributed by atoms with E-state index in [4.69, 9.17) is 0 Å². The largest absolute Gasteiger partial charge is 0.303 e. The molecular weight excluding hydrogens is 198 g/mol. The third kappa shape index (κ3) is 2.54. The molecule has 2 aliphatic rings. The van der Waals surface area contributed by atoms with E-state index < -0.39 is 0 Å². The zero-order valence-corrected chi connectivity index (χ0v) is 10.5. The molecule has 2 heteroatoms. The van der Waals surface area contributed by atoms with Crippen LogP contribution in [0.3, 0.4) is 0 Å². The smallest absolute Gasteiger partial charge is 0.136 e. The van der Waals surface area contributed by atoms with Crippen LogP contribution in [0.5, 0.6) is 0 Å². The van der Waals surface area contributed by atoms with Gasteiger partial charge >= 0.3 is 0 Å². The van der Waals surface area contributed by atoms with E-state index in [1.807, 2.05) is 0 Å². The van der Waals surface area contributed by atoms with E-state index in [2.05, 4.69) is 25.1 Å². The highest BCUT2D eigenvalue weighted by molar-refractivity contribution is 5.82. The van der Waals surface area contributed by atoms with Crippen molar-refractivity contribution in [1.82, 2.24) is 4.90 Å². The molecule has 0 heterocycles. The summed E-state index contributed by atoms with van der Waals surface area (Å²) in [5, 5.41) is 0. The van der Waals surface area contributed by atoms with Crippen LogP contribution in [0.15, 0.2) is 11.6 Å². The van der Waals surface area contributed by atoms with Gasteiger partial charge in [0.1, 0.15) is 5.78 Å². The maximum Gasteiger partial charge on any atom is 0.136 e. The average Bonchev–Trinajstić information content (AvgIpc) is 2.85. The van der Waals surface area contributed by atoms with Gasteiger partial charge in [-0.1, -0.05) is 11.6 Å². The summed E-state index contributed by atoms with van der Waals surface area (Å²) in [5.41, 5.74) is 1.57. The molecule has 0 aromatic rings. The molecule has 0 spiro atoms. The fraction of sp³-hybridized carbons (Fsp3) is 0.786. The number of likely N-dealkylation sites (N-methyl/N-ethyl adjacent to an activating group) is 1. The summed E-state index contributed by atoms with van der Waals surface area (Å²) in [6, 6.07) is 0.509. The van der Waals surface area contributed by atoms with Gasteiger partial charge in [-0.2, -0.15) is 0 Å². The number of carbonyl (C=O) groups is 1. The SMILES string of the molecule is CN(C)C(CC1CCCC1=O)C1=CCCC1. The van der Waals surface area contributed by atoms with Gasteiger partial charge in [0.25, 0.3) is 0 Å². The van der Waals surface area contributed by atoms with E-state index in [0.29, 0.717) is 17.7 Å². The summed E-state index contributed by atoms with van der Waals surface area (Å²) in [4.78, 5) is 14.0. The number of nitrogens with zero attached hydrogens (tertiary/aromatic N) is 1. The van der Waals surface area contributed by atoms with Gasteiger partial charge < -0.3 is 4.90 Å². The highest BCUT2D eigenvalue weighted by atomic mass is 16.1. The number of Topliss-reactive ketones (excluding diaryl/α,β-unsaturated/α-hetero) is 1. The van der Waals surface area contributed by atoms with Crippen LogP contribution < -0.4 is 0 Å². The Kier molecular flexibility index (Phi) is 3.80. The molecule has 90 valence electrons. The molecule has 2 atom stereocenters. The van der Waals surface area contributed by atoms with Gasteiger partial charge in [0.15, 0.2) is 0 Å². The van der Waals surface area contributed by atoms with Crippen molar-refractivity contribution in [1.29, 1.82) is 0 Å². The normalized spacial score (nSPS) is 27.6. The molecule has 1 saturated carbocycles. The molecule has 0 radical (unpaired) electrons. The molecule has 2 aliphatic carbocycles. The van der Waals surface area contributed by atoms with Crippen LogP contribution in [0.25, 0.3) is 0 Å². The highest BCUT2D eigenvalue weighted by Gasteiger charge is 2.29. The summed E-state index contributed by atoms with van der Waals surface area (Å²) in [5.74, 6) is 0.847. The Balaban J connectivity index is 1.99. The Bertz CT molecular complexity index is 293. The lowest BCUT2D eigenvalue weighted by atomic mass is 9.92. The lowest BCUT2D eigenvalue weighted by Gasteiger charge is -2.28. The number of ketones is 1. The van der Waals surface area contributed by atoms with Crippen LogP contribution >= 0.6 is 0 Å². The standard InChI is InChI=1S/C14H23NO/c1-15(2)13(11-6-3-4-7-11)10-12-8-5-9-14(12)16/h6,12-13H,3-5,7-10H2,1-2H3. The fourth-order valence-corrected chi connectivity index (χ4v) is 3.10. The first-order valence-electron chi connectivity index (χ1n) is 6.56. The van der Waals surface area contributed by atoms with E-state index in [0.717, 1.165) is 25.7 Å². The van der Waals surface area contributed by atoms with Crippen molar-refractivity contribution >= 4 is 5.78 Å². The first-order valence-corrected chi connectivity index (χ1v) is 6.56. The Labute approximate surface area is 98.7 Å². The van der Waals surface area contributed by atoms with Crippen molar-refractivity contribution in [3.05, 3.63) is 11.6 Å². The number of hydrogen-bond donors (Lipinski definition) is 0. The van der Waals surface area contributed by atoms with E-state index in [-0.39, 0.29) is 0 Å². The van der Waals surface area contributed by atoms with Crippen molar-refractivity contribution in [2.45, 2.75) is 51.0 Å². The van der Waals surface area contributed by atoms with Gasteiger partial charge in [0.2, 0.25) is 0 Å². The predicted octanol–water partition coefficient (Wildman–Crippen LogP) is 2.79. The lowest BCUT2D eigenvalue weighted by Crippen LogP contribution is -2.32. The van der Waals surface area contributed by atoms with Gasteiger partial charge in [-0.3, -0.25) is 4.79 Å². The fourth-order valence-electron chi connectivity index (χ4n) is 3.10. The molecular formula is C14H23NO. The zero-order chi connectivity index (χ0) is 11.5. The maximum atomic E-state index is 11.7. The monoisotopic (exact) mass is 221 g/mol. The molecule has 0 aliphatic heterocycles. The van der Waals surface area contributed by atoms with E-state index in [1.165, 1.54) is 19.3 Å². The predicted molar refractivity (Wildman–Crippen MR) is 66.4 cm³/mol. The third-order valence-corrected chi connectivity index (χ3v) is 4.07. The summed E-state index contributed by atoms with van der Waals surface area (Å²) < 4.78 is 0. The molecule has 2 nitrogen and oxygen atoms in total. The molecule has 1 fully saturated rings. The number of allylic oxidation sites excluding steroid dienone is 1. The van der Waals surface area contributed by atoms with Crippen LogP contribution in [-0.4, -0.2) is 30.8 Å². The second kappa shape index (κ2) is 5.13. The van der Waals surface area contributed by atoms with Crippen molar-refractivity contribution in [2.24, 2.45) is 5.92 Å². The molecule has 2 unspecified atom stereocenters. The highest BCUT2D eigenvalue weighted by Crippen LogP contribution is 2.32. The maximum absolute atomic E-state index is 11.7. The molecule has 0 bridgehead atoms.